The first-order chi connectivity index (χ1) is 12.8. The Hall–Kier alpha value is -3.13. The number of benzene rings is 1. The Morgan fingerprint density at radius 1 is 1.23 bits per heavy atom. The molecule has 7 nitrogen and oxygen atoms in total. The Bertz CT molecular complexity index is 1090. The largest absolute Gasteiger partial charge is 0.454 e. The van der Waals surface area contributed by atoms with Gasteiger partial charge in [-0.05, 0) is 35.6 Å². The van der Waals surface area contributed by atoms with Crippen LogP contribution < -0.4 is 14.8 Å². The highest BCUT2D eigenvalue weighted by molar-refractivity contribution is 7.17. The minimum absolute atomic E-state index is 0.279. The molecule has 0 bridgehead atoms. The molecule has 0 aliphatic carbocycles. The number of hydrogen-bond donors (Lipinski definition) is 1. The second-order valence-electron chi connectivity index (χ2n) is 5.98. The van der Waals surface area contributed by atoms with Gasteiger partial charge in [-0.15, -0.1) is 11.3 Å². The van der Waals surface area contributed by atoms with Gasteiger partial charge in [0.1, 0.15) is 17.0 Å². The summed E-state index contributed by atoms with van der Waals surface area (Å²) in [6.07, 6.45) is 5.25. The van der Waals surface area contributed by atoms with Gasteiger partial charge in [0.05, 0.1) is 5.39 Å². The zero-order valence-corrected chi connectivity index (χ0v) is 14.8. The number of imidazole rings is 1. The molecule has 0 amide bonds. The highest BCUT2D eigenvalue weighted by atomic mass is 32.1. The molecule has 1 aromatic carbocycles. The third-order valence-electron chi connectivity index (χ3n) is 4.24. The maximum absolute atomic E-state index is 5.45. The van der Waals surface area contributed by atoms with Crippen LogP contribution in [-0.4, -0.2) is 26.3 Å². The number of fused-ring (bicyclic) bond motifs is 2. The monoisotopic (exact) mass is 365 g/mol. The molecule has 1 aliphatic rings. The van der Waals surface area contributed by atoms with E-state index in [0.29, 0.717) is 12.5 Å². The number of anilines is 1. The zero-order chi connectivity index (χ0) is 17.5. The summed E-state index contributed by atoms with van der Waals surface area (Å²) in [4.78, 5) is 14.4. The second kappa shape index (κ2) is 5.99. The first-order valence-corrected chi connectivity index (χ1v) is 9.02. The summed E-state index contributed by atoms with van der Waals surface area (Å²) in [7, 11) is 0. The molecular weight excluding hydrogens is 350 g/mol. The maximum atomic E-state index is 5.45. The van der Waals surface area contributed by atoms with Gasteiger partial charge in [-0.1, -0.05) is 6.07 Å². The number of thiophene rings is 1. The summed E-state index contributed by atoms with van der Waals surface area (Å²) in [5.41, 5.74) is 2.26. The predicted molar refractivity (Wildman–Crippen MR) is 99.2 cm³/mol. The number of nitrogens with zero attached hydrogens (tertiary/aromatic N) is 4. The molecule has 0 saturated heterocycles. The van der Waals surface area contributed by atoms with Gasteiger partial charge in [0.2, 0.25) is 12.7 Å². The summed E-state index contributed by atoms with van der Waals surface area (Å²) < 4.78 is 12.6. The van der Waals surface area contributed by atoms with Crippen LogP contribution in [0, 0.1) is 6.92 Å². The van der Waals surface area contributed by atoms with Gasteiger partial charge in [0.25, 0.3) is 0 Å². The first-order valence-electron chi connectivity index (χ1n) is 8.14. The molecule has 0 spiro atoms. The van der Waals surface area contributed by atoms with Crippen LogP contribution in [0.1, 0.15) is 11.1 Å². The Kier molecular flexibility index (Phi) is 3.49. The lowest BCUT2D eigenvalue weighted by molar-refractivity contribution is 0.174. The Morgan fingerprint density at radius 3 is 3.04 bits per heavy atom. The Labute approximate surface area is 153 Å². The molecule has 4 heterocycles. The van der Waals surface area contributed by atoms with Crippen LogP contribution in [0.5, 0.6) is 11.5 Å². The number of aromatic nitrogens is 4. The van der Waals surface area contributed by atoms with Crippen molar-refractivity contribution in [3.63, 3.8) is 0 Å². The average Bonchev–Trinajstić information content (AvgIpc) is 3.40. The Morgan fingerprint density at radius 2 is 2.15 bits per heavy atom. The van der Waals surface area contributed by atoms with Gasteiger partial charge in [-0.3, -0.25) is 4.57 Å². The molecule has 0 fully saturated rings. The molecule has 130 valence electrons. The van der Waals surface area contributed by atoms with Crippen molar-refractivity contribution in [2.45, 2.75) is 13.5 Å². The van der Waals surface area contributed by atoms with E-state index in [9.17, 15) is 0 Å². The van der Waals surface area contributed by atoms with Crippen LogP contribution in [0.4, 0.5) is 5.82 Å². The molecule has 3 aromatic heterocycles. The lowest BCUT2D eigenvalue weighted by atomic mass is 10.2. The molecular formula is C18H15N5O2S. The van der Waals surface area contributed by atoms with Crippen molar-refractivity contribution in [1.82, 2.24) is 19.5 Å². The average molecular weight is 365 g/mol. The third-order valence-corrected chi connectivity index (χ3v) is 5.23. The number of ether oxygens (including phenoxy) is 2. The highest BCUT2D eigenvalue weighted by Crippen LogP contribution is 2.33. The molecule has 5 rings (SSSR count). The number of nitrogens with one attached hydrogen (secondary N) is 1. The van der Waals surface area contributed by atoms with Gasteiger partial charge in [-0.2, -0.15) is 4.98 Å². The van der Waals surface area contributed by atoms with Crippen molar-refractivity contribution >= 4 is 27.4 Å². The van der Waals surface area contributed by atoms with Crippen LogP contribution >= 0.6 is 11.3 Å². The topological polar surface area (TPSA) is 74.1 Å². The predicted octanol–water partition coefficient (Wildman–Crippen LogP) is 3.53. The van der Waals surface area contributed by atoms with Crippen molar-refractivity contribution < 1.29 is 9.47 Å². The lowest BCUT2D eigenvalue weighted by Crippen LogP contribution is -2.06. The molecule has 1 N–H and O–H groups in total. The van der Waals surface area contributed by atoms with Crippen molar-refractivity contribution in [3.05, 3.63) is 53.4 Å². The summed E-state index contributed by atoms with van der Waals surface area (Å²) in [5, 5.41) is 6.61. The molecule has 0 unspecified atom stereocenters. The standard InChI is InChI=1S/C18H15N5O2S/c1-11-8-26-17-15(11)16(21-18(22-17)23-5-4-19-9-23)20-7-12-2-3-13-14(6-12)25-10-24-13/h2-6,8-9H,7,10H2,1H3,(H,20,21,22). The summed E-state index contributed by atoms with van der Waals surface area (Å²) >= 11 is 1.62. The Balaban J connectivity index is 1.50. The van der Waals surface area contributed by atoms with Crippen LogP contribution in [0.2, 0.25) is 0 Å². The van der Waals surface area contributed by atoms with Gasteiger partial charge >= 0.3 is 0 Å². The van der Waals surface area contributed by atoms with Crippen LogP contribution in [0.25, 0.3) is 16.2 Å². The van der Waals surface area contributed by atoms with E-state index in [1.54, 1.807) is 28.4 Å². The normalized spacial score (nSPS) is 12.7. The highest BCUT2D eigenvalue weighted by Gasteiger charge is 2.15. The fraction of sp³-hybridized carbons (Fsp3) is 0.167. The first kappa shape index (κ1) is 15.2. The van der Waals surface area contributed by atoms with Gasteiger partial charge in [0, 0.05) is 18.9 Å². The van der Waals surface area contributed by atoms with E-state index < -0.39 is 0 Å². The smallest absolute Gasteiger partial charge is 0.238 e. The fourth-order valence-electron chi connectivity index (χ4n) is 2.93. The fourth-order valence-corrected chi connectivity index (χ4v) is 3.85. The number of aryl methyl sites for hydroxylation is 1. The SMILES string of the molecule is Cc1csc2nc(-n3ccnc3)nc(NCc3ccc4c(c3)OCO4)c12. The molecule has 0 radical (unpaired) electrons. The molecule has 0 saturated carbocycles. The lowest BCUT2D eigenvalue weighted by Gasteiger charge is -2.10. The molecule has 1 aliphatic heterocycles. The zero-order valence-electron chi connectivity index (χ0n) is 14.0. The summed E-state index contributed by atoms with van der Waals surface area (Å²) in [5.74, 6) is 2.98. The third kappa shape index (κ3) is 2.55. The molecule has 26 heavy (non-hydrogen) atoms. The van der Waals surface area contributed by atoms with E-state index in [1.165, 1.54) is 0 Å². The van der Waals surface area contributed by atoms with Crippen LogP contribution in [-0.2, 0) is 6.54 Å². The van der Waals surface area contributed by atoms with Gasteiger partial charge in [-0.25, -0.2) is 9.97 Å². The van der Waals surface area contributed by atoms with Crippen LogP contribution in [0.15, 0.2) is 42.3 Å². The van der Waals surface area contributed by atoms with Crippen molar-refractivity contribution in [1.29, 1.82) is 0 Å². The van der Waals surface area contributed by atoms with Crippen LogP contribution in [0.3, 0.4) is 0 Å². The second-order valence-corrected chi connectivity index (χ2v) is 6.84. The van der Waals surface area contributed by atoms with E-state index in [-0.39, 0.29) is 6.79 Å². The van der Waals surface area contributed by atoms with Gasteiger partial charge < -0.3 is 14.8 Å². The van der Waals surface area contributed by atoms with E-state index in [1.807, 2.05) is 24.4 Å². The van der Waals surface area contributed by atoms with Gasteiger partial charge in [0.15, 0.2) is 11.5 Å². The molecule has 8 heteroatoms. The van der Waals surface area contributed by atoms with E-state index in [0.717, 1.165) is 38.7 Å². The van der Waals surface area contributed by atoms with Crippen molar-refractivity contribution in [2.24, 2.45) is 0 Å². The molecule has 4 aromatic rings. The summed E-state index contributed by atoms with van der Waals surface area (Å²) in [6.45, 7) is 2.98. The maximum Gasteiger partial charge on any atom is 0.238 e. The number of rotatable bonds is 4. The van der Waals surface area contributed by atoms with E-state index in [2.05, 4.69) is 27.6 Å². The quantitative estimate of drug-likeness (QED) is 0.596. The van der Waals surface area contributed by atoms with Crippen molar-refractivity contribution in [2.75, 3.05) is 12.1 Å². The van der Waals surface area contributed by atoms with E-state index in [4.69, 9.17) is 14.5 Å². The van der Waals surface area contributed by atoms with Crippen molar-refractivity contribution in [3.8, 4) is 17.4 Å². The molecule has 0 atom stereocenters. The van der Waals surface area contributed by atoms with E-state index >= 15 is 0 Å². The minimum Gasteiger partial charge on any atom is -0.454 e. The minimum atomic E-state index is 0.279. The summed E-state index contributed by atoms with van der Waals surface area (Å²) in [6, 6.07) is 5.95. The number of hydrogen-bond acceptors (Lipinski definition) is 7.